The number of fused-ring (bicyclic) bond motifs is 1. The second kappa shape index (κ2) is 10.8. The number of thioether (sulfide) groups is 1. The van der Waals surface area contributed by atoms with E-state index < -0.39 is 6.04 Å². The molecule has 2 aromatic carbocycles. The van der Waals surface area contributed by atoms with Gasteiger partial charge in [0.15, 0.2) is 0 Å². The van der Waals surface area contributed by atoms with Gasteiger partial charge in [0, 0.05) is 42.0 Å². The highest BCUT2D eigenvalue weighted by Crippen LogP contribution is 2.38. The van der Waals surface area contributed by atoms with E-state index in [2.05, 4.69) is 22.0 Å². The fourth-order valence-corrected chi connectivity index (χ4v) is 5.92. The van der Waals surface area contributed by atoms with E-state index in [1.807, 2.05) is 42.5 Å². The Labute approximate surface area is 214 Å². The Balaban J connectivity index is 1.20. The second-order valence-electron chi connectivity index (χ2n) is 9.38. The van der Waals surface area contributed by atoms with Crippen LogP contribution < -0.4 is 26.4 Å². The first kappa shape index (κ1) is 24.4. The molecule has 2 amide bonds. The van der Waals surface area contributed by atoms with Gasteiger partial charge in [-0.15, -0.1) is 11.8 Å². The van der Waals surface area contributed by atoms with Gasteiger partial charge in [-0.3, -0.25) is 14.9 Å². The van der Waals surface area contributed by atoms with Gasteiger partial charge in [-0.1, -0.05) is 0 Å². The Hall–Kier alpha value is -3.26. The number of hydrogen-bond acceptors (Lipinski definition) is 8. The minimum Gasteiger partial charge on any atom is -0.457 e. The number of nitrogens with two attached hydrogens (primary N) is 1. The maximum absolute atomic E-state index is 12.9. The summed E-state index contributed by atoms with van der Waals surface area (Å²) in [5.41, 5.74) is 9.11. The molecule has 3 heterocycles. The lowest BCUT2D eigenvalue weighted by atomic mass is 9.93. The number of carbonyl (C=O) groups is 2. The first-order valence-electron chi connectivity index (χ1n) is 12.2. The monoisotopic (exact) mass is 506 g/mol. The quantitative estimate of drug-likeness (QED) is 0.451. The van der Waals surface area contributed by atoms with E-state index in [9.17, 15) is 14.9 Å². The number of rotatable bonds is 7. The molecule has 0 aromatic heterocycles. The Morgan fingerprint density at radius 2 is 2.06 bits per heavy atom. The zero-order valence-electron chi connectivity index (χ0n) is 19.9. The van der Waals surface area contributed by atoms with Crippen molar-refractivity contribution in [1.29, 1.82) is 5.26 Å². The van der Waals surface area contributed by atoms with Crippen molar-refractivity contribution in [2.24, 2.45) is 5.73 Å². The molecule has 3 aliphatic rings. The third kappa shape index (κ3) is 5.28. The lowest BCUT2D eigenvalue weighted by molar-refractivity contribution is -0.132. The highest BCUT2D eigenvalue weighted by molar-refractivity contribution is 7.99. The molecule has 0 bridgehead atoms. The molecule has 0 radical (unpaired) electrons. The predicted octanol–water partition coefficient (Wildman–Crippen LogP) is 2.82. The largest absolute Gasteiger partial charge is 0.457 e. The van der Waals surface area contributed by atoms with Gasteiger partial charge in [-0.2, -0.15) is 5.26 Å². The average Bonchev–Trinajstić information content (AvgIpc) is 3.66. The van der Waals surface area contributed by atoms with Crippen molar-refractivity contribution in [3.63, 3.8) is 0 Å². The topological polar surface area (TPSA) is 133 Å². The summed E-state index contributed by atoms with van der Waals surface area (Å²) in [6.45, 7) is 1.30. The smallest absolute Gasteiger partial charge is 0.242 e. The molecule has 0 aliphatic carbocycles. The average molecular weight is 507 g/mol. The Morgan fingerprint density at radius 3 is 2.81 bits per heavy atom. The molecule has 0 saturated carbocycles. The van der Waals surface area contributed by atoms with Crippen molar-refractivity contribution in [2.45, 2.75) is 43.3 Å². The second-order valence-corrected chi connectivity index (χ2v) is 10.4. The summed E-state index contributed by atoms with van der Waals surface area (Å²) >= 11 is 1.71. The van der Waals surface area contributed by atoms with Gasteiger partial charge in [-0.05, 0) is 67.3 Å². The van der Waals surface area contributed by atoms with Crippen molar-refractivity contribution in [1.82, 2.24) is 10.2 Å². The minimum absolute atomic E-state index is 0.0320. The van der Waals surface area contributed by atoms with E-state index in [-0.39, 0.29) is 29.8 Å². The molecule has 5 N–H and O–H groups in total. The molecular formula is C26H30N6O3S. The fourth-order valence-electron chi connectivity index (χ4n) is 4.98. The minimum atomic E-state index is -0.651. The summed E-state index contributed by atoms with van der Waals surface area (Å²) in [5.74, 6) is 2.82. The van der Waals surface area contributed by atoms with E-state index in [1.54, 1.807) is 16.7 Å². The Morgan fingerprint density at radius 1 is 1.25 bits per heavy atom. The van der Waals surface area contributed by atoms with Crippen molar-refractivity contribution in [2.75, 3.05) is 35.4 Å². The van der Waals surface area contributed by atoms with Crippen LogP contribution in [-0.2, 0) is 9.59 Å². The Bertz CT molecular complexity index is 1160. The zero-order chi connectivity index (χ0) is 25.1. The van der Waals surface area contributed by atoms with Crippen LogP contribution in [0.2, 0.25) is 0 Å². The van der Waals surface area contributed by atoms with Crippen LogP contribution in [0.25, 0.3) is 0 Å². The first-order valence-corrected chi connectivity index (χ1v) is 13.4. The highest BCUT2D eigenvalue weighted by Gasteiger charge is 2.34. The normalized spacial score (nSPS) is 23.4. The summed E-state index contributed by atoms with van der Waals surface area (Å²) in [6, 6.07) is 14.2. The van der Waals surface area contributed by atoms with E-state index in [0.29, 0.717) is 37.4 Å². The summed E-state index contributed by atoms with van der Waals surface area (Å²) in [7, 11) is 0. The van der Waals surface area contributed by atoms with E-state index in [1.165, 1.54) is 0 Å². The number of anilines is 2. The van der Waals surface area contributed by atoms with Gasteiger partial charge in [0.05, 0.1) is 18.2 Å². The zero-order valence-corrected chi connectivity index (χ0v) is 20.7. The van der Waals surface area contributed by atoms with Gasteiger partial charge in [0.25, 0.3) is 0 Å². The third-order valence-corrected chi connectivity index (χ3v) is 7.87. The fraction of sp³-hybridized carbons (Fsp3) is 0.423. The molecule has 5 rings (SSSR count). The summed E-state index contributed by atoms with van der Waals surface area (Å²) < 4.78 is 6.08. The van der Waals surface area contributed by atoms with E-state index >= 15 is 0 Å². The third-order valence-electron chi connectivity index (χ3n) is 6.93. The summed E-state index contributed by atoms with van der Waals surface area (Å²) in [6.07, 6.45) is 2.06. The van der Waals surface area contributed by atoms with Crippen LogP contribution in [0.1, 0.15) is 30.7 Å². The lowest BCUT2D eigenvalue weighted by Gasteiger charge is -2.25. The summed E-state index contributed by atoms with van der Waals surface area (Å²) in [4.78, 5) is 26.8. The molecule has 2 saturated heterocycles. The summed E-state index contributed by atoms with van der Waals surface area (Å²) in [5, 5.41) is 18.8. The van der Waals surface area contributed by atoms with Crippen LogP contribution in [0, 0.1) is 11.3 Å². The van der Waals surface area contributed by atoms with Crippen LogP contribution >= 0.6 is 11.8 Å². The number of likely N-dealkylation sites (tertiary alicyclic amines) is 1. The van der Waals surface area contributed by atoms with Crippen molar-refractivity contribution >= 4 is 35.0 Å². The Kier molecular flexibility index (Phi) is 7.32. The molecule has 2 unspecified atom stereocenters. The molecule has 36 heavy (non-hydrogen) atoms. The SMILES string of the molecule is N#C[C@@H]1CCCN1C(=O)[C@@H](N)CC1CNc2ccc(Oc3ccc(NC(=O)C4CSCN4)cc3)cc21. The van der Waals surface area contributed by atoms with Gasteiger partial charge >= 0.3 is 0 Å². The van der Waals surface area contributed by atoms with E-state index in [4.69, 9.17) is 10.5 Å². The van der Waals surface area contributed by atoms with Gasteiger partial charge < -0.3 is 26.0 Å². The molecular weight excluding hydrogens is 476 g/mol. The van der Waals surface area contributed by atoms with Gasteiger partial charge in [0.2, 0.25) is 11.8 Å². The maximum Gasteiger partial charge on any atom is 0.242 e. The van der Waals surface area contributed by atoms with Crippen LogP contribution in [0.4, 0.5) is 11.4 Å². The van der Waals surface area contributed by atoms with Crippen molar-refractivity contribution in [3.05, 3.63) is 48.0 Å². The van der Waals surface area contributed by atoms with Crippen LogP contribution in [0.3, 0.4) is 0 Å². The number of benzene rings is 2. The lowest BCUT2D eigenvalue weighted by Crippen LogP contribution is -2.46. The number of nitrogens with one attached hydrogen (secondary N) is 3. The number of carbonyl (C=O) groups excluding carboxylic acids is 2. The van der Waals surface area contributed by atoms with Gasteiger partial charge in [-0.25, -0.2) is 0 Å². The number of ether oxygens (including phenoxy) is 1. The van der Waals surface area contributed by atoms with E-state index in [0.717, 1.165) is 35.0 Å². The number of hydrogen-bond donors (Lipinski definition) is 4. The first-order chi connectivity index (χ1) is 17.5. The maximum atomic E-state index is 12.9. The van der Waals surface area contributed by atoms with Crippen molar-refractivity contribution in [3.8, 4) is 17.6 Å². The molecule has 0 spiro atoms. The van der Waals surface area contributed by atoms with Crippen LogP contribution in [-0.4, -0.2) is 59.6 Å². The number of nitriles is 1. The molecule has 10 heteroatoms. The highest BCUT2D eigenvalue weighted by atomic mass is 32.2. The molecule has 2 fully saturated rings. The van der Waals surface area contributed by atoms with Crippen molar-refractivity contribution < 1.29 is 14.3 Å². The molecule has 9 nitrogen and oxygen atoms in total. The van der Waals surface area contributed by atoms with Crippen LogP contribution in [0.5, 0.6) is 11.5 Å². The number of amides is 2. The molecule has 3 aliphatic heterocycles. The molecule has 4 atom stereocenters. The predicted molar refractivity (Wildman–Crippen MR) is 140 cm³/mol. The van der Waals surface area contributed by atoms with Crippen LogP contribution in [0.15, 0.2) is 42.5 Å². The molecule has 188 valence electrons. The standard InChI is InChI=1S/C26H30N6O3S/c27-12-18-2-1-9-32(18)26(34)22(28)10-16-13-29-23-8-7-20(11-21(16)23)35-19-5-3-17(4-6-19)31-25(33)24-14-36-15-30-24/h3-8,11,16,18,22,24,29-30H,1-2,9-10,13-15,28H2,(H,31,33)/t16?,18-,22-,24?/m0/s1. The van der Waals surface area contributed by atoms with Gasteiger partial charge in [0.1, 0.15) is 17.5 Å². The number of nitrogens with zero attached hydrogens (tertiary/aromatic N) is 2. The molecule has 2 aromatic rings.